The molecule has 4 nitrogen and oxygen atoms in total. The second-order valence-corrected chi connectivity index (χ2v) is 7.99. The first-order valence-electron chi connectivity index (χ1n) is 7.93. The summed E-state index contributed by atoms with van der Waals surface area (Å²) in [6.45, 7) is 7.60. The van der Waals surface area contributed by atoms with Crippen molar-refractivity contribution >= 4 is 29.1 Å². The van der Waals surface area contributed by atoms with Crippen molar-refractivity contribution in [1.29, 1.82) is 0 Å². The molecule has 1 amide bonds. The van der Waals surface area contributed by atoms with Gasteiger partial charge in [0.1, 0.15) is 0 Å². The quantitative estimate of drug-likeness (QED) is 0.795. The Kier molecular flexibility index (Phi) is 4.39. The number of likely N-dealkylation sites (tertiary alicyclic amines) is 1. The highest BCUT2D eigenvalue weighted by molar-refractivity contribution is 6.42. The van der Waals surface area contributed by atoms with Crippen LogP contribution in [0.4, 0.5) is 0 Å². The van der Waals surface area contributed by atoms with E-state index in [4.69, 9.17) is 23.2 Å². The van der Waals surface area contributed by atoms with Crippen LogP contribution in [0.1, 0.15) is 41.3 Å². The smallest absolute Gasteiger partial charge is 0.254 e. The van der Waals surface area contributed by atoms with Crippen molar-refractivity contribution in [1.82, 2.24) is 14.7 Å². The molecule has 1 saturated heterocycles. The van der Waals surface area contributed by atoms with Gasteiger partial charge < -0.3 is 4.90 Å². The van der Waals surface area contributed by atoms with E-state index in [-0.39, 0.29) is 17.2 Å². The zero-order valence-corrected chi connectivity index (χ0v) is 15.8. The Morgan fingerprint density at radius 2 is 2.04 bits per heavy atom. The number of rotatable bonds is 2. The van der Waals surface area contributed by atoms with Gasteiger partial charge in [-0.2, -0.15) is 5.10 Å². The Morgan fingerprint density at radius 1 is 1.33 bits per heavy atom. The molecule has 0 N–H and O–H groups in total. The van der Waals surface area contributed by atoms with Crippen molar-refractivity contribution in [2.24, 2.45) is 12.5 Å². The van der Waals surface area contributed by atoms with Gasteiger partial charge in [-0.3, -0.25) is 9.48 Å². The van der Waals surface area contributed by atoms with Crippen molar-refractivity contribution in [2.45, 2.75) is 26.7 Å². The number of carbonyl (C=O) groups is 1. The fourth-order valence-corrected chi connectivity index (χ4v) is 3.89. The van der Waals surface area contributed by atoms with Crippen LogP contribution in [0.2, 0.25) is 10.0 Å². The van der Waals surface area contributed by atoms with E-state index in [1.165, 1.54) is 5.56 Å². The highest BCUT2D eigenvalue weighted by atomic mass is 35.5. The maximum atomic E-state index is 13.0. The van der Waals surface area contributed by atoms with E-state index in [0.29, 0.717) is 28.7 Å². The molecule has 1 unspecified atom stereocenters. The molecule has 3 rings (SSSR count). The van der Waals surface area contributed by atoms with E-state index in [1.807, 2.05) is 31.3 Å². The Bertz CT molecular complexity index is 798. The van der Waals surface area contributed by atoms with E-state index in [0.717, 1.165) is 5.56 Å². The average molecular weight is 366 g/mol. The summed E-state index contributed by atoms with van der Waals surface area (Å²) in [6, 6.07) is 3.44. The number of aromatic nitrogens is 2. The lowest BCUT2D eigenvalue weighted by Crippen LogP contribution is -2.30. The monoisotopic (exact) mass is 365 g/mol. The Balaban J connectivity index is 1.89. The minimum atomic E-state index is -0.0111. The molecule has 0 bridgehead atoms. The third-order valence-corrected chi connectivity index (χ3v) is 5.83. The van der Waals surface area contributed by atoms with Crippen LogP contribution in [0, 0.1) is 12.3 Å². The van der Waals surface area contributed by atoms with Gasteiger partial charge in [-0.25, -0.2) is 0 Å². The first kappa shape index (κ1) is 17.3. The first-order valence-corrected chi connectivity index (χ1v) is 8.68. The maximum absolute atomic E-state index is 13.0. The normalized spacial score (nSPS) is 19.8. The van der Waals surface area contributed by atoms with Crippen molar-refractivity contribution in [3.8, 4) is 0 Å². The molecular formula is C18H21Cl2N3O. The van der Waals surface area contributed by atoms with E-state index >= 15 is 0 Å². The lowest BCUT2D eigenvalue weighted by molar-refractivity contribution is 0.0777. The minimum Gasteiger partial charge on any atom is -0.337 e. The maximum Gasteiger partial charge on any atom is 0.254 e. The third-order valence-electron chi connectivity index (χ3n) is 4.93. The third kappa shape index (κ3) is 2.93. The molecule has 1 aromatic carbocycles. The highest BCUT2D eigenvalue weighted by Gasteiger charge is 2.42. The summed E-state index contributed by atoms with van der Waals surface area (Å²) in [5, 5.41) is 5.19. The highest BCUT2D eigenvalue weighted by Crippen LogP contribution is 2.43. The van der Waals surface area contributed by atoms with Gasteiger partial charge in [0.15, 0.2) is 0 Å². The number of amides is 1. The summed E-state index contributed by atoms with van der Waals surface area (Å²) in [6.07, 6.45) is 3.93. The number of benzene rings is 1. The topological polar surface area (TPSA) is 38.1 Å². The van der Waals surface area contributed by atoms with E-state index in [9.17, 15) is 4.79 Å². The van der Waals surface area contributed by atoms with Crippen LogP contribution in [-0.2, 0) is 7.05 Å². The number of aryl methyl sites for hydroxylation is 1. The van der Waals surface area contributed by atoms with E-state index in [1.54, 1.807) is 16.8 Å². The predicted octanol–water partition coefficient (Wildman–Crippen LogP) is 4.30. The van der Waals surface area contributed by atoms with Gasteiger partial charge in [0.2, 0.25) is 0 Å². The fourth-order valence-electron chi connectivity index (χ4n) is 3.52. The molecule has 0 saturated carbocycles. The molecule has 0 aliphatic carbocycles. The summed E-state index contributed by atoms with van der Waals surface area (Å²) >= 11 is 12.2. The van der Waals surface area contributed by atoms with Crippen molar-refractivity contribution in [3.05, 3.63) is 51.3 Å². The van der Waals surface area contributed by atoms with Crippen LogP contribution in [-0.4, -0.2) is 33.7 Å². The van der Waals surface area contributed by atoms with Crippen LogP contribution >= 0.6 is 23.2 Å². The predicted molar refractivity (Wildman–Crippen MR) is 96.8 cm³/mol. The molecule has 2 aromatic rings. The molecular weight excluding hydrogens is 345 g/mol. The lowest BCUT2D eigenvalue weighted by atomic mass is 9.79. The zero-order valence-electron chi connectivity index (χ0n) is 14.3. The Morgan fingerprint density at radius 3 is 2.67 bits per heavy atom. The van der Waals surface area contributed by atoms with Crippen LogP contribution in [0.5, 0.6) is 0 Å². The van der Waals surface area contributed by atoms with Gasteiger partial charge in [0, 0.05) is 37.8 Å². The molecule has 128 valence electrons. The molecule has 1 aliphatic heterocycles. The summed E-state index contributed by atoms with van der Waals surface area (Å²) in [5.41, 5.74) is 2.51. The van der Waals surface area contributed by atoms with Crippen LogP contribution in [0.25, 0.3) is 0 Å². The number of carbonyl (C=O) groups excluding carboxylic acids is 1. The SMILES string of the molecule is Cc1c(C(=O)N2CC(c3cnn(C)c3)C(C)(C)C2)ccc(Cl)c1Cl. The second kappa shape index (κ2) is 6.08. The molecule has 2 heterocycles. The number of hydrogen-bond acceptors (Lipinski definition) is 2. The molecule has 1 aliphatic rings. The molecule has 0 radical (unpaired) electrons. The fraction of sp³-hybridized carbons (Fsp3) is 0.444. The summed E-state index contributed by atoms with van der Waals surface area (Å²) in [7, 11) is 1.91. The molecule has 1 fully saturated rings. The van der Waals surface area contributed by atoms with Gasteiger partial charge in [-0.15, -0.1) is 0 Å². The van der Waals surface area contributed by atoms with Crippen LogP contribution < -0.4 is 0 Å². The van der Waals surface area contributed by atoms with Crippen LogP contribution in [0.15, 0.2) is 24.5 Å². The van der Waals surface area contributed by atoms with Gasteiger partial charge in [0.05, 0.1) is 16.2 Å². The molecule has 1 aromatic heterocycles. The lowest BCUT2D eigenvalue weighted by Gasteiger charge is -2.24. The van der Waals surface area contributed by atoms with Gasteiger partial charge >= 0.3 is 0 Å². The molecule has 6 heteroatoms. The second-order valence-electron chi connectivity index (χ2n) is 7.21. The molecule has 24 heavy (non-hydrogen) atoms. The number of hydrogen-bond donors (Lipinski definition) is 0. The number of nitrogens with zero attached hydrogens (tertiary/aromatic N) is 3. The van der Waals surface area contributed by atoms with E-state index in [2.05, 4.69) is 18.9 Å². The standard InChI is InChI=1S/C18H21Cl2N3O/c1-11-13(5-6-15(19)16(11)20)17(24)23-9-14(18(2,3)10-23)12-7-21-22(4)8-12/h5-8,14H,9-10H2,1-4H3. The Labute approximate surface area is 152 Å². The summed E-state index contributed by atoms with van der Waals surface area (Å²) in [5.74, 6) is 0.267. The van der Waals surface area contributed by atoms with Gasteiger partial charge in [0.25, 0.3) is 5.91 Å². The summed E-state index contributed by atoms with van der Waals surface area (Å²) < 4.78 is 1.80. The largest absolute Gasteiger partial charge is 0.337 e. The van der Waals surface area contributed by atoms with Crippen molar-refractivity contribution < 1.29 is 4.79 Å². The van der Waals surface area contributed by atoms with Crippen molar-refractivity contribution in [2.75, 3.05) is 13.1 Å². The molecule has 1 atom stereocenters. The van der Waals surface area contributed by atoms with E-state index < -0.39 is 0 Å². The summed E-state index contributed by atoms with van der Waals surface area (Å²) in [4.78, 5) is 14.9. The Hall–Kier alpha value is -1.52. The average Bonchev–Trinajstić information content (AvgIpc) is 3.07. The van der Waals surface area contributed by atoms with Crippen molar-refractivity contribution in [3.63, 3.8) is 0 Å². The molecule has 0 spiro atoms. The first-order chi connectivity index (χ1) is 11.2. The van der Waals surface area contributed by atoms with Gasteiger partial charge in [-0.05, 0) is 35.6 Å². The number of halogens is 2. The zero-order chi connectivity index (χ0) is 17.6. The van der Waals surface area contributed by atoms with Gasteiger partial charge in [-0.1, -0.05) is 37.0 Å². The van der Waals surface area contributed by atoms with Crippen LogP contribution in [0.3, 0.4) is 0 Å². The minimum absolute atomic E-state index is 0.00512.